The molecule has 0 fully saturated rings. The number of nitrogens with one attached hydrogen (secondary N) is 3. The summed E-state index contributed by atoms with van der Waals surface area (Å²) >= 11 is 0. The van der Waals surface area contributed by atoms with E-state index in [4.69, 9.17) is 4.74 Å². The molecule has 0 radical (unpaired) electrons. The third-order valence-corrected chi connectivity index (χ3v) is 6.43. The predicted molar refractivity (Wildman–Crippen MR) is 121 cm³/mol. The lowest BCUT2D eigenvalue weighted by Gasteiger charge is -2.16. The molecule has 0 unspecified atom stereocenters. The molecule has 10 heteroatoms. The van der Waals surface area contributed by atoms with Gasteiger partial charge in [0.05, 0.1) is 22.9 Å². The van der Waals surface area contributed by atoms with E-state index in [0.29, 0.717) is 11.4 Å². The molecule has 1 amide bonds. The van der Waals surface area contributed by atoms with Crippen LogP contribution in [0.3, 0.4) is 0 Å². The highest BCUT2D eigenvalue weighted by molar-refractivity contribution is 7.89. The van der Waals surface area contributed by atoms with E-state index in [1.807, 2.05) is 6.07 Å². The number of sulfonamides is 1. The SMILES string of the molecule is C=C1Nc2ccccc2NC(NC(=O)c2cccc(S(=O)(=O)N(C)C)c2)=C1C(=O)OCC. The molecule has 1 aliphatic rings. The lowest BCUT2D eigenvalue weighted by Crippen LogP contribution is -2.31. The Kier molecular flexibility index (Phi) is 6.66. The molecule has 2 aromatic rings. The van der Waals surface area contributed by atoms with Crippen LogP contribution in [-0.4, -0.2) is 45.3 Å². The van der Waals surface area contributed by atoms with Gasteiger partial charge in [0, 0.05) is 25.4 Å². The molecule has 0 aromatic heterocycles. The molecule has 0 aliphatic carbocycles. The lowest BCUT2D eigenvalue weighted by molar-refractivity contribution is -0.138. The van der Waals surface area contributed by atoms with Crippen LogP contribution >= 0.6 is 0 Å². The lowest BCUT2D eigenvalue weighted by atomic mass is 10.1. The second-order valence-corrected chi connectivity index (χ2v) is 9.17. The molecule has 3 N–H and O–H groups in total. The van der Waals surface area contributed by atoms with Crippen LogP contribution in [0, 0.1) is 0 Å². The highest BCUT2D eigenvalue weighted by Gasteiger charge is 2.27. The van der Waals surface area contributed by atoms with Gasteiger partial charge in [-0.2, -0.15) is 0 Å². The predicted octanol–water partition coefficient (Wildman–Crippen LogP) is 2.49. The van der Waals surface area contributed by atoms with Crippen LogP contribution in [0.4, 0.5) is 11.4 Å². The average molecular weight is 457 g/mol. The number of esters is 1. The molecule has 9 nitrogen and oxygen atoms in total. The maximum Gasteiger partial charge on any atom is 0.343 e. The van der Waals surface area contributed by atoms with Crippen LogP contribution in [0.2, 0.25) is 0 Å². The Morgan fingerprint density at radius 3 is 2.34 bits per heavy atom. The van der Waals surface area contributed by atoms with E-state index in [1.165, 1.54) is 38.4 Å². The summed E-state index contributed by atoms with van der Waals surface area (Å²) in [7, 11) is -0.911. The van der Waals surface area contributed by atoms with E-state index in [1.54, 1.807) is 25.1 Å². The van der Waals surface area contributed by atoms with E-state index >= 15 is 0 Å². The summed E-state index contributed by atoms with van der Waals surface area (Å²) in [6, 6.07) is 12.8. The van der Waals surface area contributed by atoms with Crippen LogP contribution in [-0.2, 0) is 19.6 Å². The molecule has 1 aliphatic heterocycles. The largest absolute Gasteiger partial charge is 0.462 e. The van der Waals surface area contributed by atoms with Crippen molar-refractivity contribution < 1.29 is 22.7 Å². The molecular weight excluding hydrogens is 432 g/mol. The zero-order chi connectivity index (χ0) is 23.5. The Hall–Kier alpha value is -3.63. The second kappa shape index (κ2) is 9.25. The number of anilines is 2. The van der Waals surface area contributed by atoms with Crippen LogP contribution in [0.25, 0.3) is 0 Å². The molecule has 3 rings (SSSR count). The molecule has 2 aromatic carbocycles. The van der Waals surface area contributed by atoms with Crippen molar-refractivity contribution in [1.82, 2.24) is 9.62 Å². The third kappa shape index (κ3) is 4.66. The number of hydrogen-bond acceptors (Lipinski definition) is 7. The first-order valence-corrected chi connectivity index (χ1v) is 11.2. The summed E-state index contributed by atoms with van der Waals surface area (Å²) in [5.41, 5.74) is 1.62. The fourth-order valence-corrected chi connectivity index (χ4v) is 3.94. The first-order chi connectivity index (χ1) is 15.1. The van der Waals surface area contributed by atoms with E-state index in [2.05, 4.69) is 22.5 Å². The summed E-state index contributed by atoms with van der Waals surface area (Å²) in [4.78, 5) is 25.6. The van der Waals surface area contributed by atoms with Gasteiger partial charge in [0.2, 0.25) is 10.0 Å². The summed E-state index contributed by atoms with van der Waals surface area (Å²) in [6.07, 6.45) is 0. The molecule has 0 spiro atoms. The van der Waals surface area contributed by atoms with Gasteiger partial charge in [-0.3, -0.25) is 4.79 Å². The fourth-order valence-electron chi connectivity index (χ4n) is 2.99. The van der Waals surface area contributed by atoms with E-state index in [9.17, 15) is 18.0 Å². The number of carbonyl (C=O) groups is 2. The van der Waals surface area contributed by atoms with Gasteiger partial charge in [-0.1, -0.05) is 24.8 Å². The van der Waals surface area contributed by atoms with Crippen molar-refractivity contribution in [3.63, 3.8) is 0 Å². The van der Waals surface area contributed by atoms with E-state index in [-0.39, 0.29) is 34.2 Å². The van der Waals surface area contributed by atoms with Crippen molar-refractivity contribution in [1.29, 1.82) is 0 Å². The Labute approximate surface area is 186 Å². The minimum atomic E-state index is -3.72. The van der Waals surface area contributed by atoms with Crippen LogP contribution in [0.15, 0.2) is 77.1 Å². The quantitative estimate of drug-likeness (QED) is 0.572. The van der Waals surface area contributed by atoms with Crippen molar-refractivity contribution >= 4 is 33.3 Å². The minimum Gasteiger partial charge on any atom is -0.462 e. The van der Waals surface area contributed by atoms with Gasteiger partial charge in [0.15, 0.2) is 0 Å². The summed E-state index contributed by atoms with van der Waals surface area (Å²) < 4.78 is 31.1. The van der Waals surface area contributed by atoms with E-state index < -0.39 is 21.9 Å². The summed E-state index contributed by atoms with van der Waals surface area (Å²) in [5.74, 6) is -1.22. The van der Waals surface area contributed by atoms with Crippen molar-refractivity contribution in [3.8, 4) is 0 Å². The van der Waals surface area contributed by atoms with Crippen molar-refractivity contribution in [2.75, 3.05) is 31.3 Å². The molecule has 0 saturated heterocycles. The fraction of sp³-hybridized carbons (Fsp3) is 0.182. The second-order valence-electron chi connectivity index (χ2n) is 7.01. The average Bonchev–Trinajstić information content (AvgIpc) is 2.88. The standard InChI is InChI=1S/C22H24N4O5S/c1-5-31-22(28)19-14(2)23-17-11-6-7-12-18(17)24-20(19)25-21(27)15-9-8-10-16(13-15)32(29,30)26(3)4/h6-13,23-24H,2,5H2,1,3-4H3,(H,25,27). The van der Waals surface area contributed by atoms with Gasteiger partial charge in [-0.15, -0.1) is 0 Å². The Morgan fingerprint density at radius 2 is 1.72 bits per heavy atom. The van der Waals surface area contributed by atoms with Gasteiger partial charge in [-0.25, -0.2) is 17.5 Å². The molecular formula is C22H24N4O5S. The Morgan fingerprint density at radius 1 is 1.06 bits per heavy atom. The number of benzene rings is 2. The highest BCUT2D eigenvalue weighted by atomic mass is 32.2. The molecule has 1 heterocycles. The molecule has 0 bridgehead atoms. The van der Waals surface area contributed by atoms with Crippen molar-refractivity contribution in [2.45, 2.75) is 11.8 Å². The first kappa shape index (κ1) is 23.0. The van der Waals surface area contributed by atoms with Gasteiger partial charge < -0.3 is 20.7 Å². The van der Waals surface area contributed by atoms with Gasteiger partial charge in [0.1, 0.15) is 11.4 Å². The van der Waals surface area contributed by atoms with Crippen molar-refractivity contribution in [3.05, 3.63) is 77.8 Å². The van der Waals surface area contributed by atoms with Crippen LogP contribution in [0.5, 0.6) is 0 Å². The Bertz CT molecular complexity index is 1220. The number of nitrogens with zero attached hydrogens (tertiary/aromatic N) is 1. The number of hydrogen-bond donors (Lipinski definition) is 3. The first-order valence-electron chi connectivity index (χ1n) is 9.72. The number of amides is 1. The normalized spacial score (nSPS) is 13.6. The van der Waals surface area contributed by atoms with Crippen LogP contribution < -0.4 is 16.0 Å². The highest BCUT2D eigenvalue weighted by Crippen LogP contribution is 2.30. The summed E-state index contributed by atoms with van der Waals surface area (Å²) in [6.45, 7) is 5.71. The zero-order valence-electron chi connectivity index (χ0n) is 17.9. The van der Waals surface area contributed by atoms with Gasteiger partial charge in [0.25, 0.3) is 5.91 Å². The van der Waals surface area contributed by atoms with Crippen molar-refractivity contribution in [2.24, 2.45) is 0 Å². The van der Waals surface area contributed by atoms with Gasteiger partial charge in [-0.05, 0) is 37.3 Å². The minimum absolute atomic E-state index is 0.0217. The van der Waals surface area contributed by atoms with E-state index in [0.717, 1.165) is 4.31 Å². The zero-order valence-corrected chi connectivity index (χ0v) is 18.7. The van der Waals surface area contributed by atoms with Crippen LogP contribution in [0.1, 0.15) is 17.3 Å². The number of rotatable bonds is 6. The molecule has 32 heavy (non-hydrogen) atoms. The maximum atomic E-state index is 13.0. The van der Waals surface area contributed by atoms with Gasteiger partial charge >= 0.3 is 5.97 Å². The monoisotopic (exact) mass is 456 g/mol. The topological polar surface area (TPSA) is 117 Å². The maximum absolute atomic E-state index is 13.0. The molecule has 0 saturated carbocycles. The summed E-state index contributed by atoms with van der Waals surface area (Å²) in [5, 5.41) is 8.75. The number of ether oxygens (including phenoxy) is 1. The molecule has 168 valence electrons. The molecule has 0 atom stereocenters. The number of fused-ring (bicyclic) bond motifs is 1. The smallest absolute Gasteiger partial charge is 0.343 e. The Balaban J connectivity index is 2.01. The third-order valence-electron chi connectivity index (χ3n) is 4.62. The number of para-hydroxylation sites is 2. The number of carbonyl (C=O) groups excluding carboxylic acids is 2.